The number of rotatable bonds is 18. The zero-order valence-electron chi connectivity index (χ0n) is 27.9. The average Bonchev–Trinajstić information content (AvgIpc) is 3.89. The fraction of sp³-hybridized carbons (Fsp3) is 0.459. The summed E-state index contributed by atoms with van der Waals surface area (Å²) in [5.41, 5.74) is 3.04. The number of nitrogens with one attached hydrogen (secondary N) is 1. The van der Waals surface area contributed by atoms with E-state index in [1.54, 1.807) is 0 Å². The molecule has 11 heteroatoms. The Balaban J connectivity index is 1.41. The van der Waals surface area contributed by atoms with E-state index < -0.39 is 0 Å². The molecule has 0 radical (unpaired) electrons. The van der Waals surface area contributed by atoms with Gasteiger partial charge in [-0.05, 0) is 115 Å². The molecule has 3 aromatic rings. The maximum Gasteiger partial charge on any atom is 0.308 e. The number of ether oxygens (including phenoxy) is 3. The first-order chi connectivity index (χ1) is 23.0. The predicted molar refractivity (Wildman–Crippen MR) is 201 cm³/mol. The fourth-order valence-corrected chi connectivity index (χ4v) is 7.08. The van der Waals surface area contributed by atoms with Crippen molar-refractivity contribution in [3.63, 3.8) is 0 Å². The van der Waals surface area contributed by atoms with Crippen molar-refractivity contribution in [1.29, 1.82) is 0 Å². The molecule has 1 N–H and O–H groups in total. The summed E-state index contributed by atoms with van der Waals surface area (Å²) in [7, 11) is 1.43. The summed E-state index contributed by atoms with van der Waals surface area (Å²) in [6.07, 6.45) is 3.18. The van der Waals surface area contributed by atoms with Crippen LogP contribution >= 0.6 is 57.4 Å². The lowest BCUT2D eigenvalue weighted by molar-refractivity contribution is -0.147. The predicted octanol–water partition coefficient (Wildman–Crippen LogP) is 8.79. The second-order valence-corrected chi connectivity index (χ2v) is 14.9. The minimum Gasteiger partial charge on any atom is -0.490 e. The van der Waals surface area contributed by atoms with Gasteiger partial charge in [-0.3, -0.25) is 9.59 Å². The Morgan fingerprint density at radius 1 is 0.979 bits per heavy atom. The van der Waals surface area contributed by atoms with E-state index in [1.165, 1.54) is 7.11 Å². The van der Waals surface area contributed by atoms with Crippen molar-refractivity contribution >= 4 is 69.3 Å². The molecular weight excluding hydrogens is 786 g/mol. The number of aryl methyl sites for hydroxylation is 1. The molecule has 0 aromatic heterocycles. The summed E-state index contributed by atoms with van der Waals surface area (Å²) in [4.78, 5) is 28.6. The Labute approximate surface area is 313 Å². The van der Waals surface area contributed by atoms with Gasteiger partial charge in [-0.15, -0.1) is 0 Å². The first-order valence-corrected chi connectivity index (χ1v) is 18.5. The van der Waals surface area contributed by atoms with Gasteiger partial charge in [0.2, 0.25) is 5.91 Å². The number of methoxy groups -OCH3 is 1. The molecule has 0 aliphatic heterocycles. The maximum atomic E-state index is 14.3. The average molecular weight is 830 g/mol. The zero-order valence-corrected chi connectivity index (χ0v) is 32.3. The van der Waals surface area contributed by atoms with E-state index in [2.05, 4.69) is 27.9 Å². The summed E-state index contributed by atoms with van der Waals surface area (Å²) in [5, 5.41) is 5.11. The summed E-state index contributed by atoms with van der Waals surface area (Å²) >= 11 is 21.3. The SMILES string of the molecule is COC(=O)C(CCNCC(Cc1ccc(OCCOc2c(Cl)cc(C)cc2Cl)cc1)C(=O)N(Cc1cccc(Cl)c1I)C1CC1)C(C)C. The smallest absolute Gasteiger partial charge is 0.308 e. The fourth-order valence-electron chi connectivity index (χ4n) is 5.65. The molecule has 0 saturated heterocycles. The molecule has 0 bridgehead atoms. The minimum atomic E-state index is -0.303. The maximum absolute atomic E-state index is 14.3. The van der Waals surface area contributed by atoms with Crippen LogP contribution in [0, 0.1) is 28.2 Å². The van der Waals surface area contributed by atoms with E-state index >= 15 is 0 Å². The van der Waals surface area contributed by atoms with Crippen molar-refractivity contribution < 1.29 is 23.8 Å². The van der Waals surface area contributed by atoms with Crippen LogP contribution < -0.4 is 14.8 Å². The number of esters is 1. The molecule has 0 spiro atoms. The minimum absolute atomic E-state index is 0.111. The van der Waals surface area contributed by atoms with Gasteiger partial charge in [0.1, 0.15) is 19.0 Å². The second-order valence-electron chi connectivity index (χ2n) is 12.6. The van der Waals surface area contributed by atoms with Gasteiger partial charge in [-0.1, -0.05) is 72.9 Å². The molecule has 1 amide bonds. The van der Waals surface area contributed by atoms with Gasteiger partial charge in [-0.25, -0.2) is 0 Å². The number of hydrogen-bond donors (Lipinski definition) is 1. The number of carbonyl (C=O) groups excluding carboxylic acids is 2. The Bertz CT molecular complexity index is 1510. The third kappa shape index (κ3) is 11.1. The summed E-state index contributed by atoms with van der Waals surface area (Å²) in [6, 6.07) is 17.5. The highest BCUT2D eigenvalue weighted by Gasteiger charge is 2.36. The Kier molecular flexibility index (Phi) is 15.0. The molecule has 7 nitrogen and oxygen atoms in total. The highest BCUT2D eigenvalue weighted by atomic mass is 127. The first-order valence-electron chi connectivity index (χ1n) is 16.3. The lowest BCUT2D eigenvalue weighted by Crippen LogP contribution is -2.42. The second kappa shape index (κ2) is 18.7. The van der Waals surface area contributed by atoms with E-state index in [4.69, 9.17) is 49.0 Å². The van der Waals surface area contributed by atoms with Gasteiger partial charge in [0.15, 0.2) is 5.75 Å². The van der Waals surface area contributed by atoms with Crippen LogP contribution in [-0.2, 0) is 27.3 Å². The van der Waals surface area contributed by atoms with Gasteiger partial charge in [-0.2, -0.15) is 0 Å². The van der Waals surface area contributed by atoms with Crippen LogP contribution in [0.5, 0.6) is 11.5 Å². The van der Waals surface area contributed by atoms with Crippen molar-refractivity contribution in [2.75, 3.05) is 33.4 Å². The van der Waals surface area contributed by atoms with Crippen LogP contribution in [0.4, 0.5) is 0 Å². The van der Waals surface area contributed by atoms with Gasteiger partial charge in [0, 0.05) is 22.7 Å². The Hall–Kier alpha value is -2.24. The molecular formula is C37H44Cl3IN2O5. The quantitative estimate of drug-likeness (QED) is 0.0786. The summed E-state index contributed by atoms with van der Waals surface area (Å²) in [6.45, 7) is 8.16. The van der Waals surface area contributed by atoms with E-state index in [0.717, 1.165) is 33.1 Å². The molecule has 1 fully saturated rings. The van der Waals surface area contributed by atoms with Crippen molar-refractivity contribution in [2.45, 2.75) is 59.0 Å². The molecule has 4 rings (SSSR count). The molecule has 48 heavy (non-hydrogen) atoms. The van der Waals surface area contributed by atoms with E-state index in [-0.39, 0.29) is 42.3 Å². The third-order valence-electron chi connectivity index (χ3n) is 8.47. The number of hydrogen-bond acceptors (Lipinski definition) is 6. The van der Waals surface area contributed by atoms with Crippen LogP contribution in [0.1, 0.15) is 49.8 Å². The lowest BCUT2D eigenvalue weighted by Gasteiger charge is -2.29. The number of benzene rings is 3. The van der Waals surface area contributed by atoms with Crippen LogP contribution in [0.3, 0.4) is 0 Å². The highest BCUT2D eigenvalue weighted by molar-refractivity contribution is 14.1. The lowest BCUT2D eigenvalue weighted by atomic mass is 9.92. The van der Waals surface area contributed by atoms with Crippen LogP contribution in [0.15, 0.2) is 54.6 Å². The molecule has 1 saturated carbocycles. The molecule has 1 aliphatic carbocycles. The molecule has 3 aromatic carbocycles. The molecule has 2 atom stereocenters. The molecule has 260 valence electrons. The van der Waals surface area contributed by atoms with Gasteiger partial charge < -0.3 is 24.4 Å². The molecule has 1 aliphatic rings. The highest BCUT2D eigenvalue weighted by Crippen LogP contribution is 2.34. The van der Waals surface area contributed by atoms with Gasteiger partial charge in [0.25, 0.3) is 0 Å². The van der Waals surface area contributed by atoms with E-state index in [0.29, 0.717) is 65.6 Å². The van der Waals surface area contributed by atoms with Crippen LogP contribution in [0.25, 0.3) is 0 Å². The normalized spacial score (nSPS) is 14.0. The van der Waals surface area contributed by atoms with E-state index in [1.807, 2.05) is 80.3 Å². The Morgan fingerprint density at radius 2 is 1.65 bits per heavy atom. The summed E-state index contributed by atoms with van der Waals surface area (Å²) in [5.74, 6) is 0.708. The first kappa shape index (κ1) is 38.6. The topological polar surface area (TPSA) is 77.1 Å². The standard InChI is InChI=1S/C37H44Cl3IN2O5/c1-23(2)30(37(45)46-4)14-15-42-21-27(36(44)43(28-10-11-28)22-26-6-5-7-31(38)34(26)41)20-25-8-12-29(13-9-25)47-16-17-48-35-32(39)18-24(3)19-33(35)40/h5-9,12-13,18-19,23,27-28,30,42H,10-11,14-17,20-22H2,1-4H3. The van der Waals surface area contributed by atoms with Crippen molar-refractivity contribution in [2.24, 2.45) is 17.8 Å². The number of carbonyl (C=O) groups is 2. The van der Waals surface area contributed by atoms with Gasteiger partial charge >= 0.3 is 5.97 Å². The summed E-state index contributed by atoms with van der Waals surface area (Å²) < 4.78 is 17.7. The monoisotopic (exact) mass is 828 g/mol. The number of nitrogens with zero attached hydrogens (tertiary/aromatic N) is 1. The molecule has 2 unspecified atom stereocenters. The largest absolute Gasteiger partial charge is 0.490 e. The third-order valence-corrected chi connectivity index (χ3v) is 10.9. The van der Waals surface area contributed by atoms with Crippen LogP contribution in [-0.4, -0.2) is 56.2 Å². The zero-order chi connectivity index (χ0) is 34.8. The van der Waals surface area contributed by atoms with E-state index in [9.17, 15) is 9.59 Å². The van der Waals surface area contributed by atoms with Crippen molar-refractivity contribution in [3.8, 4) is 11.5 Å². The molecule has 0 heterocycles. The van der Waals surface area contributed by atoms with Crippen molar-refractivity contribution in [1.82, 2.24) is 10.2 Å². The number of amides is 1. The van der Waals surface area contributed by atoms with Gasteiger partial charge in [0.05, 0.1) is 34.0 Å². The number of halogens is 4. The Morgan fingerprint density at radius 3 is 2.27 bits per heavy atom. The van der Waals surface area contributed by atoms with Crippen molar-refractivity contribution in [3.05, 3.63) is 89.9 Å². The van der Waals surface area contributed by atoms with Crippen LogP contribution in [0.2, 0.25) is 15.1 Å².